The SMILES string of the molecule is Fc1cc(F)cc(CN2CCCC(CCCl)C2)c1. The van der Waals surface area contributed by atoms with Crippen molar-refractivity contribution in [2.45, 2.75) is 25.8 Å². The van der Waals surface area contributed by atoms with Crippen LogP contribution in [0.4, 0.5) is 8.78 Å². The molecule has 1 aromatic carbocycles. The Balaban J connectivity index is 1.95. The fourth-order valence-corrected chi connectivity index (χ4v) is 2.95. The number of benzene rings is 1. The molecule has 0 aromatic heterocycles. The van der Waals surface area contributed by atoms with Crippen LogP contribution in [-0.2, 0) is 6.54 Å². The third-order valence-corrected chi connectivity index (χ3v) is 3.67. The van der Waals surface area contributed by atoms with Crippen LogP contribution in [-0.4, -0.2) is 23.9 Å². The number of rotatable bonds is 4. The zero-order valence-corrected chi connectivity index (χ0v) is 11.1. The Morgan fingerprint density at radius 3 is 2.61 bits per heavy atom. The van der Waals surface area contributed by atoms with Crippen LogP contribution in [0.1, 0.15) is 24.8 Å². The molecule has 1 saturated heterocycles. The van der Waals surface area contributed by atoms with Crippen LogP contribution in [0.2, 0.25) is 0 Å². The van der Waals surface area contributed by atoms with Crippen molar-refractivity contribution < 1.29 is 8.78 Å². The first kappa shape index (κ1) is 13.8. The summed E-state index contributed by atoms with van der Waals surface area (Å²) in [4.78, 5) is 2.26. The Morgan fingerprint density at radius 1 is 1.22 bits per heavy atom. The summed E-state index contributed by atoms with van der Waals surface area (Å²) in [5.74, 6) is 0.306. The van der Waals surface area contributed by atoms with Crippen LogP contribution >= 0.6 is 11.6 Å². The normalized spacial score (nSPS) is 21.2. The van der Waals surface area contributed by atoms with E-state index >= 15 is 0 Å². The van der Waals surface area contributed by atoms with E-state index in [4.69, 9.17) is 11.6 Å². The van der Waals surface area contributed by atoms with Gasteiger partial charge < -0.3 is 0 Å². The highest BCUT2D eigenvalue weighted by molar-refractivity contribution is 6.17. The van der Waals surface area contributed by atoms with Crippen LogP contribution < -0.4 is 0 Å². The molecular weight excluding hydrogens is 256 g/mol. The minimum atomic E-state index is -0.501. The maximum absolute atomic E-state index is 13.1. The standard InChI is InChI=1S/C14H18ClF2N/c15-4-3-11-2-1-5-18(9-11)10-12-6-13(16)8-14(17)7-12/h6-8,11H,1-5,9-10H2. The second kappa shape index (κ2) is 6.48. The Bertz CT molecular complexity index is 375. The van der Waals surface area contributed by atoms with Crippen LogP contribution in [0.25, 0.3) is 0 Å². The van der Waals surface area contributed by atoms with Gasteiger partial charge in [0.25, 0.3) is 0 Å². The molecule has 1 aliphatic heterocycles. The summed E-state index contributed by atoms with van der Waals surface area (Å²) in [7, 11) is 0. The number of nitrogens with zero attached hydrogens (tertiary/aromatic N) is 1. The Labute approximate surface area is 112 Å². The van der Waals surface area contributed by atoms with E-state index in [1.165, 1.54) is 18.6 Å². The lowest BCUT2D eigenvalue weighted by molar-refractivity contribution is 0.165. The van der Waals surface area contributed by atoms with Gasteiger partial charge in [0.1, 0.15) is 11.6 Å². The molecule has 1 atom stereocenters. The van der Waals surface area contributed by atoms with Gasteiger partial charge in [0.2, 0.25) is 0 Å². The van der Waals surface area contributed by atoms with E-state index < -0.39 is 11.6 Å². The summed E-state index contributed by atoms with van der Waals surface area (Å²) in [6.45, 7) is 2.59. The average molecular weight is 274 g/mol. The first-order valence-electron chi connectivity index (χ1n) is 6.40. The van der Waals surface area contributed by atoms with Crippen molar-refractivity contribution in [3.8, 4) is 0 Å². The van der Waals surface area contributed by atoms with E-state index in [0.29, 0.717) is 23.9 Å². The molecule has 0 saturated carbocycles. The Morgan fingerprint density at radius 2 is 1.94 bits per heavy atom. The van der Waals surface area contributed by atoms with Gasteiger partial charge in [-0.3, -0.25) is 4.90 Å². The number of halogens is 3. The second-order valence-electron chi connectivity index (χ2n) is 5.00. The van der Waals surface area contributed by atoms with Crippen molar-refractivity contribution in [2.75, 3.05) is 19.0 Å². The zero-order valence-electron chi connectivity index (χ0n) is 10.3. The number of alkyl halides is 1. The molecule has 18 heavy (non-hydrogen) atoms. The van der Waals surface area contributed by atoms with Crippen LogP contribution in [0.3, 0.4) is 0 Å². The maximum Gasteiger partial charge on any atom is 0.126 e. The quantitative estimate of drug-likeness (QED) is 0.754. The van der Waals surface area contributed by atoms with E-state index in [1.807, 2.05) is 0 Å². The maximum atomic E-state index is 13.1. The summed E-state index contributed by atoms with van der Waals surface area (Å²) in [5.41, 5.74) is 0.707. The molecule has 1 aliphatic rings. The van der Waals surface area contributed by atoms with Gasteiger partial charge in [-0.25, -0.2) is 8.78 Å². The van der Waals surface area contributed by atoms with E-state index in [-0.39, 0.29) is 0 Å². The topological polar surface area (TPSA) is 3.24 Å². The van der Waals surface area contributed by atoms with Crippen molar-refractivity contribution >= 4 is 11.6 Å². The van der Waals surface area contributed by atoms with E-state index in [0.717, 1.165) is 32.0 Å². The number of piperidine rings is 1. The second-order valence-corrected chi connectivity index (χ2v) is 5.38. The average Bonchev–Trinajstić information content (AvgIpc) is 2.28. The van der Waals surface area contributed by atoms with E-state index in [2.05, 4.69) is 4.90 Å². The van der Waals surface area contributed by atoms with Gasteiger partial charge in [0.05, 0.1) is 0 Å². The summed E-state index contributed by atoms with van der Waals surface area (Å²) in [6.07, 6.45) is 3.37. The first-order chi connectivity index (χ1) is 8.67. The summed E-state index contributed by atoms with van der Waals surface area (Å²) in [6, 6.07) is 3.73. The molecule has 0 aliphatic carbocycles. The van der Waals surface area contributed by atoms with Gasteiger partial charge in [-0.15, -0.1) is 11.6 Å². The molecular formula is C14H18ClF2N. The van der Waals surface area contributed by atoms with Crippen molar-refractivity contribution in [2.24, 2.45) is 5.92 Å². The van der Waals surface area contributed by atoms with Crippen LogP contribution in [0.5, 0.6) is 0 Å². The summed E-state index contributed by atoms with van der Waals surface area (Å²) in [5, 5.41) is 0. The Hall–Kier alpha value is -0.670. The number of hydrogen-bond donors (Lipinski definition) is 0. The fourth-order valence-electron chi connectivity index (χ4n) is 2.65. The smallest absolute Gasteiger partial charge is 0.126 e. The lowest BCUT2D eigenvalue weighted by atomic mass is 9.95. The third kappa shape index (κ3) is 3.92. The molecule has 0 bridgehead atoms. The summed E-state index contributed by atoms with van der Waals surface area (Å²) < 4.78 is 26.2. The van der Waals surface area contributed by atoms with Gasteiger partial charge in [-0.05, 0) is 49.4 Å². The minimum absolute atomic E-state index is 0.501. The number of hydrogen-bond acceptors (Lipinski definition) is 1. The van der Waals surface area contributed by atoms with Gasteiger partial charge in [0, 0.05) is 25.0 Å². The van der Waals surface area contributed by atoms with Crippen molar-refractivity contribution in [1.29, 1.82) is 0 Å². The van der Waals surface area contributed by atoms with Crippen molar-refractivity contribution in [3.63, 3.8) is 0 Å². The van der Waals surface area contributed by atoms with Gasteiger partial charge in [-0.2, -0.15) is 0 Å². The van der Waals surface area contributed by atoms with Crippen LogP contribution in [0, 0.1) is 17.6 Å². The highest BCUT2D eigenvalue weighted by atomic mass is 35.5. The molecule has 4 heteroatoms. The number of likely N-dealkylation sites (tertiary alicyclic amines) is 1. The molecule has 2 rings (SSSR count). The largest absolute Gasteiger partial charge is 0.299 e. The molecule has 0 amide bonds. The van der Waals surface area contributed by atoms with E-state index in [1.54, 1.807) is 0 Å². The van der Waals surface area contributed by atoms with Crippen molar-refractivity contribution in [3.05, 3.63) is 35.4 Å². The lowest BCUT2D eigenvalue weighted by Crippen LogP contribution is -2.35. The molecule has 0 N–H and O–H groups in total. The fraction of sp³-hybridized carbons (Fsp3) is 0.571. The molecule has 100 valence electrons. The van der Waals surface area contributed by atoms with Gasteiger partial charge in [0.15, 0.2) is 0 Å². The lowest BCUT2D eigenvalue weighted by Gasteiger charge is -2.32. The van der Waals surface area contributed by atoms with Crippen molar-refractivity contribution in [1.82, 2.24) is 4.90 Å². The molecule has 0 radical (unpaired) electrons. The highest BCUT2D eigenvalue weighted by Crippen LogP contribution is 2.22. The molecule has 1 nitrogen and oxygen atoms in total. The monoisotopic (exact) mass is 273 g/mol. The minimum Gasteiger partial charge on any atom is -0.299 e. The van der Waals surface area contributed by atoms with E-state index in [9.17, 15) is 8.78 Å². The molecule has 1 aromatic rings. The molecule has 0 spiro atoms. The highest BCUT2D eigenvalue weighted by Gasteiger charge is 2.19. The van der Waals surface area contributed by atoms with Gasteiger partial charge in [-0.1, -0.05) is 0 Å². The predicted octanol–water partition coefficient (Wildman–Crippen LogP) is 3.81. The predicted molar refractivity (Wildman–Crippen MR) is 69.7 cm³/mol. The molecule has 1 unspecified atom stereocenters. The zero-order chi connectivity index (χ0) is 13.0. The first-order valence-corrected chi connectivity index (χ1v) is 6.94. The van der Waals surface area contributed by atoms with Gasteiger partial charge >= 0.3 is 0 Å². The summed E-state index contributed by atoms with van der Waals surface area (Å²) >= 11 is 5.77. The third-order valence-electron chi connectivity index (χ3n) is 3.45. The molecule has 1 fully saturated rings. The van der Waals surface area contributed by atoms with Crippen LogP contribution in [0.15, 0.2) is 18.2 Å². The Kier molecular flexibility index (Phi) is 4.95. The molecule has 1 heterocycles.